The van der Waals surface area contributed by atoms with Crippen LogP contribution in [0.25, 0.3) is 38.8 Å². The average Bonchev–Trinajstić information content (AvgIpc) is 3.38. The van der Waals surface area contributed by atoms with Crippen LogP contribution in [0.15, 0.2) is 73.3 Å². The van der Waals surface area contributed by atoms with Crippen LogP contribution in [-0.2, 0) is 0 Å². The van der Waals surface area contributed by atoms with Gasteiger partial charge in [0.1, 0.15) is 12.4 Å². The van der Waals surface area contributed by atoms with Gasteiger partial charge in [0, 0.05) is 41.6 Å². The Kier molecular flexibility index (Phi) is 7.97. The van der Waals surface area contributed by atoms with Gasteiger partial charge < -0.3 is 4.74 Å². The van der Waals surface area contributed by atoms with E-state index in [4.69, 9.17) is 21.3 Å². The standard InChI is InChI=1S/C28H26ClN5O.C2H6/c29-25-16-20(8-9-27(25)35-15-14-33-12-4-1-5-13-33)21-17-31-28-24(18-32-34(28)19-21)22-10-11-30-26-7-3-2-6-23(22)26;1-2/h2-3,6-11,16-19H,1,4-5,12-15H2;1-2H3. The third-order valence-corrected chi connectivity index (χ3v) is 6.97. The van der Waals surface area contributed by atoms with E-state index < -0.39 is 0 Å². The monoisotopic (exact) mass is 513 g/mol. The Morgan fingerprint density at radius 1 is 0.892 bits per heavy atom. The molecule has 1 aliphatic heterocycles. The molecule has 0 bridgehead atoms. The van der Waals surface area contributed by atoms with Gasteiger partial charge >= 0.3 is 0 Å². The second-order valence-corrected chi connectivity index (χ2v) is 9.35. The normalized spacial score (nSPS) is 13.9. The third kappa shape index (κ3) is 5.45. The van der Waals surface area contributed by atoms with Gasteiger partial charge in [-0.05, 0) is 61.3 Å². The van der Waals surface area contributed by atoms with E-state index >= 15 is 0 Å². The van der Waals surface area contributed by atoms with Gasteiger partial charge in [0.15, 0.2) is 5.65 Å². The van der Waals surface area contributed by atoms with Crippen molar-refractivity contribution < 1.29 is 4.74 Å². The summed E-state index contributed by atoms with van der Waals surface area (Å²) in [5, 5.41) is 6.27. The van der Waals surface area contributed by atoms with Crippen molar-refractivity contribution in [3.8, 4) is 28.0 Å². The van der Waals surface area contributed by atoms with Gasteiger partial charge in [0.25, 0.3) is 0 Å². The van der Waals surface area contributed by atoms with Gasteiger partial charge in [-0.25, -0.2) is 9.50 Å². The highest BCUT2D eigenvalue weighted by molar-refractivity contribution is 6.32. The maximum absolute atomic E-state index is 6.57. The number of hydrogen-bond acceptors (Lipinski definition) is 5. The van der Waals surface area contributed by atoms with E-state index in [2.05, 4.69) is 21.0 Å². The molecule has 1 aliphatic rings. The van der Waals surface area contributed by atoms with E-state index in [1.54, 1.807) is 0 Å². The van der Waals surface area contributed by atoms with E-state index in [9.17, 15) is 0 Å². The fourth-order valence-electron chi connectivity index (χ4n) is 4.81. The number of aromatic nitrogens is 4. The highest BCUT2D eigenvalue weighted by atomic mass is 35.5. The number of para-hydroxylation sites is 1. The number of piperidine rings is 1. The maximum atomic E-state index is 6.57. The third-order valence-electron chi connectivity index (χ3n) is 6.67. The second kappa shape index (κ2) is 11.7. The quantitative estimate of drug-likeness (QED) is 0.241. The highest BCUT2D eigenvalue weighted by Crippen LogP contribution is 2.33. The predicted molar refractivity (Wildman–Crippen MR) is 151 cm³/mol. The lowest BCUT2D eigenvalue weighted by Gasteiger charge is -2.26. The molecule has 6 nitrogen and oxygen atoms in total. The molecule has 0 aliphatic carbocycles. The Hall–Kier alpha value is -3.48. The minimum Gasteiger partial charge on any atom is -0.491 e. The lowest BCUT2D eigenvalue weighted by Crippen LogP contribution is -2.33. The number of hydrogen-bond donors (Lipinski definition) is 0. The smallest absolute Gasteiger partial charge is 0.162 e. The van der Waals surface area contributed by atoms with Crippen LogP contribution in [0, 0.1) is 0 Å². The summed E-state index contributed by atoms with van der Waals surface area (Å²) in [6.07, 6.45) is 11.4. The summed E-state index contributed by atoms with van der Waals surface area (Å²) in [6.45, 7) is 7.91. The van der Waals surface area contributed by atoms with E-state index in [0.717, 1.165) is 58.4 Å². The fraction of sp³-hybridized carbons (Fsp3) is 0.300. The number of pyridine rings is 1. The molecule has 0 unspecified atom stereocenters. The molecule has 6 rings (SSSR count). The molecular formula is C30H32ClN5O. The van der Waals surface area contributed by atoms with Crippen molar-refractivity contribution >= 4 is 28.2 Å². The van der Waals surface area contributed by atoms with Crippen LogP contribution in [0.4, 0.5) is 0 Å². The second-order valence-electron chi connectivity index (χ2n) is 8.94. The number of nitrogens with zero attached hydrogens (tertiary/aromatic N) is 5. The molecule has 1 saturated heterocycles. The van der Waals surface area contributed by atoms with Crippen molar-refractivity contribution in [3.05, 3.63) is 78.3 Å². The molecule has 2 aromatic carbocycles. The van der Waals surface area contributed by atoms with E-state index in [0.29, 0.717) is 17.4 Å². The number of benzene rings is 2. The summed E-state index contributed by atoms with van der Waals surface area (Å²) < 4.78 is 7.79. The minimum absolute atomic E-state index is 0.602. The molecular weight excluding hydrogens is 482 g/mol. The van der Waals surface area contributed by atoms with Crippen molar-refractivity contribution in [1.82, 2.24) is 24.5 Å². The summed E-state index contributed by atoms with van der Waals surface area (Å²) in [6, 6.07) is 16.0. The van der Waals surface area contributed by atoms with Crippen LogP contribution in [0.2, 0.25) is 5.02 Å². The van der Waals surface area contributed by atoms with Crippen LogP contribution in [0.3, 0.4) is 0 Å². The molecule has 0 saturated carbocycles. The molecule has 0 spiro atoms. The largest absolute Gasteiger partial charge is 0.491 e. The van der Waals surface area contributed by atoms with E-state index in [-0.39, 0.29) is 0 Å². The van der Waals surface area contributed by atoms with Gasteiger partial charge in [-0.1, -0.05) is 56.1 Å². The molecule has 0 radical (unpaired) electrons. The number of halogens is 1. The summed E-state index contributed by atoms with van der Waals surface area (Å²) in [7, 11) is 0. The van der Waals surface area contributed by atoms with E-state index in [1.165, 1.54) is 19.3 Å². The molecule has 0 amide bonds. The van der Waals surface area contributed by atoms with Gasteiger partial charge in [-0.15, -0.1) is 0 Å². The Morgan fingerprint density at radius 2 is 1.73 bits per heavy atom. The topological polar surface area (TPSA) is 55.6 Å². The molecule has 7 heteroatoms. The zero-order valence-electron chi connectivity index (χ0n) is 21.4. The first-order chi connectivity index (χ1) is 18.3. The molecule has 4 heterocycles. The van der Waals surface area contributed by atoms with Crippen LogP contribution < -0.4 is 4.74 Å². The first kappa shape index (κ1) is 25.2. The SMILES string of the molecule is CC.Clc1cc(-c2cnc3c(-c4ccnc5ccccc45)cnn3c2)ccc1OCCN1CCCCC1. The van der Waals surface area contributed by atoms with Crippen LogP contribution in [0.1, 0.15) is 33.1 Å². The number of rotatable bonds is 6. The summed E-state index contributed by atoms with van der Waals surface area (Å²) in [5.74, 6) is 0.715. The summed E-state index contributed by atoms with van der Waals surface area (Å²) in [4.78, 5) is 11.7. The highest BCUT2D eigenvalue weighted by Gasteiger charge is 2.14. The first-order valence-corrected chi connectivity index (χ1v) is 13.5. The molecule has 37 heavy (non-hydrogen) atoms. The number of fused-ring (bicyclic) bond motifs is 2. The zero-order valence-corrected chi connectivity index (χ0v) is 22.2. The van der Waals surface area contributed by atoms with Gasteiger partial charge in [-0.2, -0.15) is 5.10 Å². The number of likely N-dealkylation sites (tertiary alicyclic amines) is 1. The lowest BCUT2D eigenvalue weighted by atomic mass is 10.0. The van der Waals surface area contributed by atoms with E-state index in [1.807, 2.05) is 85.6 Å². The van der Waals surface area contributed by atoms with Crippen molar-refractivity contribution in [3.63, 3.8) is 0 Å². The van der Waals surface area contributed by atoms with Crippen LogP contribution in [-0.4, -0.2) is 50.7 Å². The average molecular weight is 514 g/mol. The molecule has 0 atom stereocenters. The zero-order chi connectivity index (χ0) is 25.6. The summed E-state index contributed by atoms with van der Waals surface area (Å²) in [5.41, 5.74) is 5.71. The molecule has 5 aromatic rings. The van der Waals surface area contributed by atoms with Crippen molar-refractivity contribution in [2.45, 2.75) is 33.1 Å². The minimum atomic E-state index is 0.602. The van der Waals surface area contributed by atoms with Crippen molar-refractivity contribution in [2.24, 2.45) is 0 Å². The predicted octanol–water partition coefficient (Wildman–Crippen LogP) is 7.16. The lowest BCUT2D eigenvalue weighted by molar-refractivity contribution is 0.183. The fourth-order valence-corrected chi connectivity index (χ4v) is 5.04. The van der Waals surface area contributed by atoms with Gasteiger partial charge in [0.05, 0.1) is 16.7 Å². The Bertz CT molecular complexity index is 1490. The van der Waals surface area contributed by atoms with Crippen LogP contribution in [0.5, 0.6) is 5.75 Å². The Balaban J connectivity index is 0.00000137. The Labute approximate surface area is 222 Å². The molecule has 3 aromatic heterocycles. The maximum Gasteiger partial charge on any atom is 0.162 e. The van der Waals surface area contributed by atoms with Gasteiger partial charge in [0.2, 0.25) is 0 Å². The van der Waals surface area contributed by atoms with Crippen molar-refractivity contribution in [1.29, 1.82) is 0 Å². The van der Waals surface area contributed by atoms with Crippen molar-refractivity contribution in [2.75, 3.05) is 26.2 Å². The van der Waals surface area contributed by atoms with Crippen LogP contribution >= 0.6 is 11.6 Å². The molecule has 1 fully saturated rings. The van der Waals surface area contributed by atoms with Gasteiger partial charge in [-0.3, -0.25) is 9.88 Å². The first-order valence-electron chi connectivity index (χ1n) is 13.1. The molecule has 0 N–H and O–H groups in total. The number of ether oxygens (including phenoxy) is 1. The molecule has 190 valence electrons. The Morgan fingerprint density at radius 3 is 2.57 bits per heavy atom. The summed E-state index contributed by atoms with van der Waals surface area (Å²) >= 11 is 6.57.